The van der Waals surface area contributed by atoms with Crippen molar-refractivity contribution in [1.29, 1.82) is 0 Å². The molecule has 0 bridgehead atoms. The number of hydrogen-bond donors (Lipinski definition) is 0. The fourth-order valence-corrected chi connectivity index (χ4v) is 8.70. The smallest absolute Gasteiger partial charge is 0.0562 e. The standard InChI is InChI=1S/C54H36N2/c1-2-14-37(15-3-1)40-16-12-18-42(34-40)43-19-13-17-41(35-43)38-28-30-39(31-29-38)45-20-4-8-24-50(45)56-53-27-11-7-23-48(53)49-33-32-44(36-54(49)56)55-51-25-9-5-21-46(51)47-22-6-10-26-52(47)55/h1-36H. The quantitative estimate of drug-likeness (QED) is 0.162. The second-order valence-corrected chi connectivity index (χ2v) is 14.5. The van der Waals surface area contributed by atoms with Crippen molar-refractivity contribution in [2.75, 3.05) is 0 Å². The van der Waals surface area contributed by atoms with Crippen molar-refractivity contribution in [3.8, 4) is 55.9 Å². The number of hydrogen-bond acceptors (Lipinski definition) is 0. The molecular formula is C54H36N2. The molecule has 0 N–H and O–H groups in total. The van der Waals surface area contributed by atoms with Crippen molar-refractivity contribution in [3.05, 3.63) is 218 Å². The van der Waals surface area contributed by atoms with Crippen LogP contribution < -0.4 is 0 Å². The van der Waals surface area contributed by atoms with Gasteiger partial charge in [-0.25, -0.2) is 0 Å². The lowest BCUT2D eigenvalue weighted by Crippen LogP contribution is -1.99. The summed E-state index contributed by atoms with van der Waals surface area (Å²) in [4.78, 5) is 0. The molecule has 262 valence electrons. The normalized spacial score (nSPS) is 11.6. The maximum absolute atomic E-state index is 2.46. The summed E-state index contributed by atoms with van der Waals surface area (Å²) in [5.41, 5.74) is 16.7. The van der Waals surface area contributed by atoms with Gasteiger partial charge < -0.3 is 9.13 Å². The van der Waals surface area contributed by atoms with E-state index in [-0.39, 0.29) is 0 Å². The third kappa shape index (κ3) is 5.26. The van der Waals surface area contributed by atoms with Crippen LogP contribution >= 0.6 is 0 Å². The summed E-state index contributed by atoms with van der Waals surface area (Å²) >= 11 is 0. The minimum absolute atomic E-state index is 1.15. The SMILES string of the molecule is c1ccc(-c2cccc(-c3cccc(-c4ccc(-c5ccccc5-n5c6ccccc6c6ccc(-n7c8ccccc8c8ccccc87)cc65)cc4)c3)c2)cc1. The maximum Gasteiger partial charge on any atom is 0.0562 e. The highest BCUT2D eigenvalue weighted by Crippen LogP contribution is 2.39. The molecule has 0 aliphatic heterocycles. The van der Waals surface area contributed by atoms with Crippen molar-refractivity contribution < 1.29 is 0 Å². The summed E-state index contributed by atoms with van der Waals surface area (Å²) in [6, 6.07) is 79.4. The van der Waals surface area contributed by atoms with Gasteiger partial charge in [-0.2, -0.15) is 0 Å². The van der Waals surface area contributed by atoms with Crippen molar-refractivity contribution in [2.24, 2.45) is 0 Å². The Morgan fingerprint density at radius 2 is 0.661 bits per heavy atom. The molecular weight excluding hydrogens is 677 g/mol. The van der Waals surface area contributed by atoms with Gasteiger partial charge in [-0.05, 0) is 87.5 Å². The van der Waals surface area contributed by atoms with E-state index >= 15 is 0 Å². The Labute approximate surface area is 325 Å². The van der Waals surface area contributed by atoms with E-state index in [4.69, 9.17) is 0 Å². The van der Waals surface area contributed by atoms with Crippen LogP contribution in [-0.2, 0) is 0 Å². The highest BCUT2D eigenvalue weighted by molar-refractivity contribution is 6.12. The first-order valence-corrected chi connectivity index (χ1v) is 19.3. The monoisotopic (exact) mass is 712 g/mol. The van der Waals surface area contributed by atoms with Crippen molar-refractivity contribution in [1.82, 2.24) is 9.13 Å². The average Bonchev–Trinajstić information content (AvgIpc) is 3.79. The number of nitrogens with zero attached hydrogens (tertiary/aromatic N) is 2. The van der Waals surface area contributed by atoms with Crippen LogP contribution in [0.3, 0.4) is 0 Å². The summed E-state index contributed by atoms with van der Waals surface area (Å²) in [6.07, 6.45) is 0. The molecule has 0 aliphatic carbocycles. The molecule has 0 fully saturated rings. The van der Waals surface area contributed by atoms with Crippen molar-refractivity contribution >= 4 is 43.6 Å². The highest BCUT2D eigenvalue weighted by atomic mass is 15.0. The molecule has 0 saturated carbocycles. The van der Waals surface area contributed by atoms with Crippen LogP contribution in [0.15, 0.2) is 218 Å². The maximum atomic E-state index is 2.46. The third-order valence-electron chi connectivity index (χ3n) is 11.3. The van der Waals surface area contributed by atoms with E-state index in [1.54, 1.807) is 0 Å². The molecule has 0 atom stereocenters. The van der Waals surface area contributed by atoms with Crippen LogP contribution in [0.4, 0.5) is 0 Å². The lowest BCUT2D eigenvalue weighted by Gasteiger charge is -2.15. The molecule has 0 radical (unpaired) electrons. The Morgan fingerprint density at radius 3 is 1.27 bits per heavy atom. The minimum Gasteiger partial charge on any atom is -0.309 e. The van der Waals surface area contributed by atoms with Crippen LogP contribution in [0.25, 0.3) is 99.5 Å². The Kier molecular flexibility index (Phi) is 7.53. The molecule has 0 unspecified atom stereocenters. The molecule has 0 aliphatic rings. The lowest BCUT2D eigenvalue weighted by molar-refractivity contribution is 1.16. The van der Waals surface area contributed by atoms with Crippen LogP contribution in [0.1, 0.15) is 0 Å². The highest BCUT2D eigenvalue weighted by Gasteiger charge is 2.18. The van der Waals surface area contributed by atoms with Crippen LogP contribution in [-0.4, -0.2) is 9.13 Å². The predicted octanol–water partition coefficient (Wildman–Crippen LogP) is 14.5. The molecule has 2 heteroatoms. The van der Waals surface area contributed by atoms with Crippen LogP contribution in [0.5, 0.6) is 0 Å². The first-order valence-electron chi connectivity index (χ1n) is 19.3. The molecule has 56 heavy (non-hydrogen) atoms. The third-order valence-corrected chi connectivity index (χ3v) is 11.3. The van der Waals surface area contributed by atoms with Gasteiger partial charge in [-0.15, -0.1) is 0 Å². The Balaban J connectivity index is 1.01. The Hall–Kier alpha value is -7.42. The van der Waals surface area contributed by atoms with E-state index in [1.807, 2.05) is 0 Å². The topological polar surface area (TPSA) is 9.86 Å². The zero-order chi connectivity index (χ0) is 37.0. The van der Waals surface area contributed by atoms with E-state index in [0.717, 1.165) is 11.4 Å². The number of rotatable bonds is 6. The molecule has 9 aromatic carbocycles. The number of aromatic nitrogens is 2. The molecule has 2 aromatic heterocycles. The van der Waals surface area contributed by atoms with Gasteiger partial charge in [0.15, 0.2) is 0 Å². The Bertz CT molecular complexity index is 3180. The van der Waals surface area contributed by atoms with Gasteiger partial charge >= 0.3 is 0 Å². The van der Waals surface area contributed by atoms with Crippen LogP contribution in [0.2, 0.25) is 0 Å². The molecule has 0 amide bonds. The van der Waals surface area contributed by atoms with Crippen LogP contribution in [0, 0.1) is 0 Å². The number of benzene rings is 9. The van der Waals surface area contributed by atoms with E-state index in [2.05, 4.69) is 228 Å². The zero-order valence-electron chi connectivity index (χ0n) is 30.7. The minimum atomic E-state index is 1.15. The van der Waals surface area contributed by atoms with Crippen molar-refractivity contribution in [2.45, 2.75) is 0 Å². The molecule has 11 aromatic rings. The van der Waals surface area contributed by atoms with E-state index in [0.29, 0.717) is 0 Å². The molecule has 2 nitrogen and oxygen atoms in total. The second kappa shape index (κ2) is 13.2. The predicted molar refractivity (Wildman–Crippen MR) is 237 cm³/mol. The van der Waals surface area contributed by atoms with Gasteiger partial charge in [0.1, 0.15) is 0 Å². The van der Waals surface area contributed by atoms with Gasteiger partial charge in [0.25, 0.3) is 0 Å². The summed E-state index contributed by atoms with van der Waals surface area (Å²) in [7, 11) is 0. The first-order chi connectivity index (χ1) is 27.8. The fraction of sp³-hybridized carbons (Fsp3) is 0. The van der Waals surface area contributed by atoms with Gasteiger partial charge in [0.2, 0.25) is 0 Å². The Morgan fingerprint density at radius 1 is 0.232 bits per heavy atom. The molecule has 0 saturated heterocycles. The number of fused-ring (bicyclic) bond motifs is 6. The van der Waals surface area contributed by atoms with E-state index in [9.17, 15) is 0 Å². The first kappa shape index (κ1) is 32.0. The summed E-state index contributed by atoms with van der Waals surface area (Å²) < 4.78 is 4.87. The molecule has 0 spiro atoms. The fourth-order valence-electron chi connectivity index (χ4n) is 8.70. The van der Waals surface area contributed by atoms with E-state index < -0.39 is 0 Å². The van der Waals surface area contributed by atoms with Gasteiger partial charge in [-0.1, -0.05) is 170 Å². The summed E-state index contributed by atoms with van der Waals surface area (Å²) in [5.74, 6) is 0. The largest absolute Gasteiger partial charge is 0.309 e. The van der Waals surface area contributed by atoms with Gasteiger partial charge in [0.05, 0.1) is 27.8 Å². The second-order valence-electron chi connectivity index (χ2n) is 14.5. The zero-order valence-corrected chi connectivity index (χ0v) is 30.7. The number of para-hydroxylation sites is 4. The van der Waals surface area contributed by atoms with Gasteiger partial charge in [0, 0.05) is 32.8 Å². The lowest BCUT2D eigenvalue weighted by atomic mass is 9.95. The summed E-state index contributed by atoms with van der Waals surface area (Å²) in [6.45, 7) is 0. The van der Waals surface area contributed by atoms with Crippen molar-refractivity contribution in [3.63, 3.8) is 0 Å². The molecule has 2 heterocycles. The van der Waals surface area contributed by atoms with Gasteiger partial charge in [-0.3, -0.25) is 0 Å². The average molecular weight is 713 g/mol. The van der Waals surface area contributed by atoms with E-state index in [1.165, 1.54) is 88.1 Å². The summed E-state index contributed by atoms with van der Waals surface area (Å²) in [5, 5.41) is 5.02. The molecule has 11 rings (SSSR count).